The van der Waals surface area contributed by atoms with E-state index in [4.69, 9.17) is 0 Å². The van der Waals surface area contributed by atoms with Crippen molar-refractivity contribution in [1.29, 1.82) is 0 Å². The Morgan fingerprint density at radius 1 is 0.786 bits per heavy atom. The lowest BCUT2D eigenvalue weighted by Crippen LogP contribution is -2.26. The summed E-state index contributed by atoms with van der Waals surface area (Å²) < 4.78 is 0. The molecule has 0 amide bonds. The minimum absolute atomic E-state index is 0.417. The summed E-state index contributed by atoms with van der Waals surface area (Å²) in [5.74, 6) is 2.71. The molecule has 1 heteroatoms. The molecule has 0 heterocycles. The van der Waals surface area contributed by atoms with Crippen LogP contribution in [0.25, 0.3) is 0 Å². The first-order chi connectivity index (χ1) is 13.6. The van der Waals surface area contributed by atoms with Gasteiger partial charge in [-0.2, -0.15) is 0 Å². The molecular weight excluding hydrogens is 340 g/mol. The lowest BCUT2D eigenvalue weighted by atomic mass is 9.68. The van der Waals surface area contributed by atoms with Crippen molar-refractivity contribution in [3.05, 3.63) is 70.8 Å². The highest BCUT2D eigenvalue weighted by Crippen LogP contribution is 2.44. The van der Waals surface area contributed by atoms with Crippen LogP contribution in [0.1, 0.15) is 85.5 Å². The van der Waals surface area contributed by atoms with E-state index in [0.29, 0.717) is 29.5 Å². The number of benzene rings is 2. The van der Waals surface area contributed by atoms with E-state index in [1.165, 1.54) is 60.8 Å². The van der Waals surface area contributed by atoms with E-state index in [2.05, 4.69) is 62.4 Å². The van der Waals surface area contributed by atoms with E-state index >= 15 is 0 Å². The minimum Gasteiger partial charge on any atom is -0.300 e. The fraction of sp³-hybridized carbons (Fsp3) is 0.519. The second-order valence-corrected chi connectivity index (χ2v) is 9.37. The Balaban J connectivity index is 1.50. The normalized spacial score (nSPS) is 19.5. The van der Waals surface area contributed by atoms with Gasteiger partial charge in [-0.1, -0.05) is 72.5 Å². The van der Waals surface area contributed by atoms with Gasteiger partial charge in [0.25, 0.3) is 0 Å². The first-order valence-corrected chi connectivity index (χ1v) is 11.2. The Bertz CT molecular complexity index is 745. The first-order valence-electron chi connectivity index (χ1n) is 11.2. The second kappa shape index (κ2) is 8.64. The topological polar surface area (TPSA) is 17.1 Å². The van der Waals surface area contributed by atoms with Crippen LogP contribution in [0.2, 0.25) is 0 Å². The van der Waals surface area contributed by atoms with Crippen molar-refractivity contribution < 1.29 is 4.79 Å². The SMILES string of the molecule is Cc1cccc([C@H](CC(=O)C[C@@H](c2cccc(C)c2)C2CCC2)C2CCC2)c1. The van der Waals surface area contributed by atoms with E-state index in [1.54, 1.807) is 0 Å². The molecule has 0 saturated heterocycles. The highest BCUT2D eigenvalue weighted by atomic mass is 16.1. The second-order valence-electron chi connectivity index (χ2n) is 9.37. The number of hydrogen-bond acceptors (Lipinski definition) is 1. The molecule has 0 unspecified atom stereocenters. The molecule has 0 aliphatic heterocycles. The van der Waals surface area contributed by atoms with Gasteiger partial charge >= 0.3 is 0 Å². The van der Waals surface area contributed by atoms with Crippen molar-refractivity contribution in [1.82, 2.24) is 0 Å². The summed E-state index contributed by atoms with van der Waals surface area (Å²) >= 11 is 0. The molecule has 2 aromatic carbocycles. The summed E-state index contributed by atoms with van der Waals surface area (Å²) in [4.78, 5) is 13.3. The van der Waals surface area contributed by atoms with Crippen LogP contribution in [0, 0.1) is 25.7 Å². The zero-order valence-electron chi connectivity index (χ0n) is 17.5. The van der Waals surface area contributed by atoms with Crippen LogP contribution in [0.5, 0.6) is 0 Å². The van der Waals surface area contributed by atoms with Gasteiger partial charge in [0.1, 0.15) is 5.78 Å². The largest absolute Gasteiger partial charge is 0.300 e. The van der Waals surface area contributed by atoms with Crippen LogP contribution in [-0.2, 0) is 4.79 Å². The van der Waals surface area contributed by atoms with E-state index < -0.39 is 0 Å². The van der Waals surface area contributed by atoms with Crippen LogP contribution < -0.4 is 0 Å². The summed E-state index contributed by atoms with van der Waals surface area (Å²) in [5, 5.41) is 0. The maximum atomic E-state index is 13.3. The van der Waals surface area contributed by atoms with Gasteiger partial charge in [-0.25, -0.2) is 0 Å². The smallest absolute Gasteiger partial charge is 0.134 e. The third-order valence-electron chi connectivity index (χ3n) is 7.27. The minimum atomic E-state index is 0.417. The highest BCUT2D eigenvalue weighted by molar-refractivity contribution is 5.80. The third kappa shape index (κ3) is 4.40. The van der Waals surface area contributed by atoms with Crippen molar-refractivity contribution in [2.75, 3.05) is 0 Å². The number of carbonyl (C=O) groups excluding carboxylic acids is 1. The van der Waals surface area contributed by atoms with Gasteiger partial charge in [0.05, 0.1) is 0 Å². The first kappa shape index (κ1) is 19.4. The molecule has 28 heavy (non-hydrogen) atoms. The van der Waals surface area contributed by atoms with Crippen molar-refractivity contribution in [2.24, 2.45) is 11.8 Å². The van der Waals surface area contributed by atoms with Crippen LogP contribution in [0.15, 0.2) is 48.5 Å². The summed E-state index contributed by atoms with van der Waals surface area (Å²) in [6, 6.07) is 17.7. The molecule has 148 valence electrons. The van der Waals surface area contributed by atoms with Crippen molar-refractivity contribution >= 4 is 5.78 Å². The highest BCUT2D eigenvalue weighted by Gasteiger charge is 2.33. The number of rotatable bonds is 8. The van der Waals surface area contributed by atoms with Crippen molar-refractivity contribution in [3.8, 4) is 0 Å². The maximum absolute atomic E-state index is 13.3. The van der Waals surface area contributed by atoms with Gasteiger partial charge in [0.2, 0.25) is 0 Å². The number of Topliss-reactive ketones (excluding diaryl/α,β-unsaturated/α-hetero) is 1. The fourth-order valence-corrected chi connectivity index (χ4v) is 5.17. The number of ketones is 1. The lowest BCUT2D eigenvalue weighted by molar-refractivity contribution is -0.120. The number of aryl methyl sites for hydroxylation is 2. The fourth-order valence-electron chi connectivity index (χ4n) is 5.17. The molecule has 2 atom stereocenters. The molecule has 4 rings (SSSR count). The van der Waals surface area contributed by atoms with Crippen LogP contribution >= 0.6 is 0 Å². The van der Waals surface area contributed by atoms with Crippen LogP contribution in [0.3, 0.4) is 0 Å². The molecule has 0 bridgehead atoms. The van der Waals surface area contributed by atoms with Gasteiger partial charge in [-0.3, -0.25) is 4.79 Å². The summed E-state index contributed by atoms with van der Waals surface area (Å²) in [7, 11) is 0. The molecule has 2 aromatic rings. The molecular formula is C27H34O. The summed E-state index contributed by atoms with van der Waals surface area (Å²) in [6.45, 7) is 4.32. The Morgan fingerprint density at radius 3 is 1.54 bits per heavy atom. The van der Waals surface area contributed by atoms with Crippen LogP contribution in [0.4, 0.5) is 0 Å². The van der Waals surface area contributed by atoms with E-state index in [9.17, 15) is 4.79 Å². The predicted molar refractivity (Wildman–Crippen MR) is 117 cm³/mol. The monoisotopic (exact) mass is 374 g/mol. The van der Waals surface area contributed by atoms with Crippen LogP contribution in [-0.4, -0.2) is 5.78 Å². The number of carbonyl (C=O) groups is 1. The van der Waals surface area contributed by atoms with Gasteiger partial charge in [0.15, 0.2) is 0 Å². The molecule has 0 aromatic heterocycles. The van der Waals surface area contributed by atoms with Crippen molar-refractivity contribution in [2.45, 2.75) is 77.0 Å². The molecule has 2 aliphatic rings. The standard InChI is InChI=1S/C27H34O/c1-19-7-3-13-23(15-19)26(21-9-5-10-21)17-25(28)18-27(22-11-6-12-22)24-14-4-8-20(2)16-24/h3-4,7-8,13-16,21-22,26-27H,5-6,9-12,17-18H2,1-2H3/t26-,27-/m1/s1. The molecule has 2 fully saturated rings. The predicted octanol–water partition coefficient (Wildman–Crippen LogP) is 7.12. The Hall–Kier alpha value is -1.89. The van der Waals surface area contributed by atoms with Gasteiger partial charge in [-0.05, 0) is 74.3 Å². The van der Waals surface area contributed by atoms with Gasteiger partial charge in [-0.15, -0.1) is 0 Å². The molecule has 0 spiro atoms. The van der Waals surface area contributed by atoms with Gasteiger partial charge < -0.3 is 0 Å². The quantitative estimate of drug-likeness (QED) is 0.481. The number of hydrogen-bond donors (Lipinski definition) is 0. The summed E-state index contributed by atoms with van der Waals surface area (Å²) in [5.41, 5.74) is 5.38. The average Bonchev–Trinajstić information content (AvgIpc) is 2.57. The molecule has 0 N–H and O–H groups in total. The molecule has 2 saturated carbocycles. The van der Waals surface area contributed by atoms with Crippen molar-refractivity contribution in [3.63, 3.8) is 0 Å². The Labute approximate surface area is 170 Å². The van der Waals surface area contributed by atoms with E-state index in [1.807, 2.05) is 0 Å². The Morgan fingerprint density at radius 2 is 1.21 bits per heavy atom. The maximum Gasteiger partial charge on any atom is 0.134 e. The summed E-state index contributed by atoms with van der Waals surface area (Å²) in [6.07, 6.45) is 9.26. The molecule has 0 radical (unpaired) electrons. The molecule has 1 nitrogen and oxygen atoms in total. The zero-order chi connectivity index (χ0) is 19.5. The zero-order valence-corrected chi connectivity index (χ0v) is 17.5. The lowest BCUT2D eigenvalue weighted by Gasteiger charge is -2.36. The third-order valence-corrected chi connectivity index (χ3v) is 7.27. The van der Waals surface area contributed by atoms with E-state index in [-0.39, 0.29) is 0 Å². The Kier molecular flexibility index (Phi) is 5.99. The molecule has 2 aliphatic carbocycles. The van der Waals surface area contributed by atoms with E-state index in [0.717, 1.165) is 12.8 Å². The van der Waals surface area contributed by atoms with Gasteiger partial charge in [0, 0.05) is 12.8 Å². The average molecular weight is 375 g/mol.